The number of hydrogen-bond donors (Lipinski definition) is 5. The van der Waals surface area contributed by atoms with E-state index in [9.17, 15) is 24.1 Å². The van der Waals surface area contributed by atoms with Gasteiger partial charge in [-0.2, -0.15) is 0 Å². The molecule has 1 rings (SSSR count). The fourth-order valence-electron chi connectivity index (χ4n) is 5.29. The molecule has 0 heterocycles. The van der Waals surface area contributed by atoms with Gasteiger partial charge in [0.25, 0.3) is 0 Å². The molecular formula is C39H63N4O12PS. The fourth-order valence-corrected chi connectivity index (χ4v) is 6.50. The molecule has 57 heavy (non-hydrogen) atoms. The topological polar surface area (TPSA) is 201 Å². The van der Waals surface area contributed by atoms with Crippen LogP contribution in [0.2, 0.25) is 0 Å². The molecule has 1 unspecified atom stereocenters. The molecule has 5 N–H and O–H groups in total. The van der Waals surface area contributed by atoms with Crippen molar-refractivity contribution in [3.63, 3.8) is 0 Å². The molecule has 0 aliphatic heterocycles. The lowest BCUT2D eigenvalue weighted by Crippen LogP contribution is -2.54. The Balaban J connectivity index is 2.99. The van der Waals surface area contributed by atoms with E-state index in [2.05, 4.69) is 39.0 Å². The Bertz CT molecular complexity index is 1250. The van der Waals surface area contributed by atoms with Gasteiger partial charge < -0.3 is 59.1 Å². The Kier molecular flexibility index (Phi) is 29.0. The van der Waals surface area contributed by atoms with Crippen molar-refractivity contribution in [3.05, 3.63) is 0 Å². The van der Waals surface area contributed by atoms with Crippen LogP contribution in [0.4, 0.5) is 0 Å². The van der Waals surface area contributed by atoms with Crippen molar-refractivity contribution in [1.29, 1.82) is 0 Å². The van der Waals surface area contributed by atoms with Gasteiger partial charge in [-0.25, -0.2) is 0 Å². The highest BCUT2D eigenvalue weighted by Gasteiger charge is 2.42. The van der Waals surface area contributed by atoms with Gasteiger partial charge in [-0.05, 0) is 43.9 Å². The van der Waals surface area contributed by atoms with Crippen molar-refractivity contribution in [2.75, 3.05) is 98.9 Å². The highest BCUT2D eigenvalue weighted by molar-refractivity contribution is 8.09. The average Bonchev–Trinajstić information content (AvgIpc) is 3.16. The number of ether oxygens (including phenoxy) is 6. The van der Waals surface area contributed by atoms with E-state index in [-0.39, 0.29) is 133 Å². The highest BCUT2D eigenvalue weighted by Crippen LogP contribution is 2.52. The summed E-state index contributed by atoms with van der Waals surface area (Å²) in [7, 11) is 0. The Labute approximate surface area is 343 Å². The predicted molar refractivity (Wildman–Crippen MR) is 218 cm³/mol. The lowest BCUT2D eigenvalue weighted by atomic mass is 9.78. The first-order chi connectivity index (χ1) is 27.4. The van der Waals surface area contributed by atoms with Crippen LogP contribution in [0.25, 0.3) is 0 Å². The van der Waals surface area contributed by atoms with Crippen molar-refractivity contribution in [3.8, 4) is 37.0 Å². The normalized spacial score (nSPS) is 15.9. The van der Waals surface area contributed by atoms with E-state index in [1.807, 2.05) is 0 Å². The maximum atomic E-state index is 13.8. The van der Waals surface area contributed by atoms with Gasteiger partial charge in [-0.15, -0.1) is 19.3 Å². The minimum atomic E-state index is -3.01. The zero-order valence-electron chi connectivity index (χ0n) is 33.5. The smallest absolute Gasteiger partial charge is 0.223 e. The van der Waals surface area contributed by atoms with Crippen LogP contribution in [0, 0.1) is 42.9 Å². The van der Waals surface area contributed by atoms with Crippen LogP contribution in [0.3, 0.4) is 0 Å². The van der Waals surface area contributed by atoms with Gasteiger partial charge in [-0.3, -0.25) is 19.2 Å². The number of nitrogens with one attached hydrogen (secondary N) is 4. The first-order valence-electron chi connectivity index (χ1n) is 19.3. The van der Waals surface area contributed by atoms with Crippen LogP contribution in [0.15, 0.2) is 0 Å². The summed E-state index contributed by atoms with van der Waals surface area (Å²) >= 11 is 5.28. The van der Waals surface area contributed by atoms with E-state index in [0.717, 1.165) is 0 Å². The zero-order valence-corrected chi connectivity index (χ0v) is 35.2. The van der Waals surface area contributed by atoms with Gasteiger partial charge in [0.1, 0.15) is 19.8 Å². The summed E-state index contributed by atoms with van der Waals surface area (Å²) < 4.78 is 37.7. The Morgan fingerprint density at radius 3 is 1.35 bits per heavy atom. The van der Waals surface area contributed by atoms with Gasteiger partial charge >= 0.3 is 0 Å². The molecule has 18 heteroatoms. The predicted octanol–water partition coefficient (Wildman–Crippen LogP) is 1.04. The van der Waals surface area contributed by atoms with Crippen LogP contribution in [0.1, 0.15) is 65.2 Å². The van der Waals surface area contributed by atoms with Crippen molar-refractivity contribution < 1.29 is 57.0 Å². The van der Waals surface area contributed by atoms with E-state index in [1.165, 1.54) is 0 Å². The minimum Gasteiger partial charge on any atom is -0.377 e. The third-order valence-corrected chi connectivity index (χ3v) is 12.1. The summed E-state index contributed by atoms with van der Waals surface area (Å²) in [6, 6.07) is 0. The van der Waals surface area contributed by atoms with E-state index >= 15 is 0 Å². The molecule has 0 aromatic heterocycles. The van der Waals surface area contributed by atoms with Crippen molar-refractivity contribution in [2.45, 2.75) is 82.5 Å². The first-order valence-corrected chi connectivity index (χ1v) is 22.0. The van der Waals surface area contributed by atoms with Crippen LogP contribution in [-0.4, -0.2) is 145 Å². The molecule has 322 valence electrons. The molecule has 0 aromatic rings. The van der Waals surface area contributed by atoms with E-state index in [4.69, 9.17) is 64.0 Å². The number of amides is 4. The van der Waals surface area contributed by atoms with Gasteiger partial charge in [0.05, 0.1) is 65.6 Å². The number of rotatable bonds is 35. The second-order valence-corrected chi connectivity index (χ2v) is 17.4. The van der Waals surface area contributed by atoms with Crippen LogP contribution in [-0.2, 0) is 63.9 Å². The summed E-state index contributed by atoms with van der Waals surface area (Å²) in [6.07, 6.45) is 16.2. The van der Waals surface area contributed by atoms with E-state index in [0.29, 0.717) is 52.5 Å². The molecule has 0 aromatic carbocycles. The van der Waals surface area contributed by atoms with Crippen molar-refractivity contribution >= 4 is 41.9 Å². The highest BCUT2D eigenvalue weighted by atomic mass is 32.5. The number of carbonyl (C=O) groups is 4. The van der Waals surface area contributed by atoms with Crippen LogP contribution >= 0.6 is 6.49 Å². The standard InChI is InChI=1S/C39H63N4O12PS/c1-6-18-49-24-27-52-21-15-40-35(44)9-12-39(13-10-36(45)41-16-22-53-28-25-50-19-7-2,14-11-37(46)42-17-23-54-29-26-51-20-8-3)43-38(47)33-30-34(31-33)55-56(48,57)32(4)5/h1-3,32-34H,9-31H2,4-5H3,(H,40,44)(H,41,45)(H,42,46)(H,43,47)(H,48,57). The monoisotopic (exact) mass is 842 g/mol. The lowest BCUT2D eigenvalue weighted by molar-refractivity contribution is -0.134. The Morgan fingerprint density at radius 1 is 0.667 bits per heavy atom. The van der Waals surface area contributed by atoms with Crippen molar-refractivity contribution in [1.82, 2.24) is 21.3 Å². The fraction of sp³-hybridized carbons (Fsp3) is 0.744. The van der Waals surface area contributed by atoms with Crippen LogP contribution < -0.4 is 21.3 Å². The molecule has 1 fully saturated rings. The summed E-state index contributed by atoms with van der Waals surface area (Å²) in [5, 5.41) is 11.6. The third kappa shape index (κ3) is 25.8. The lowest BCUT2D eigenvalue weighted by Gasteiger charge is -2.41. The quantitative estimate of drug-likeness (QED) is 0.0345. The Morgan fingerprint density at radius 2 is 1.02 bits per heavy atom. The van der Waals surface area contributed by atoms with Gasteiger partial charge in [-0.1, -0.05) is 31.6 Å². The number of hydrogen-bond acceptors (Lipinski definition) is 12. The number of carbonyl (C=O) groups excluding carboxylic acids is 4. The number of terminal acetylenes is 3. The Hall–Kier alpha value is -3.11. The molecule has 4 amide bonds. The summed E-state index contributed by atoms with van der Waals surface area (Å²) in [6.45, 7) is 4.53. The van der Waals surface area contributed by atoms with E-state index < -0.39 is 17.9 Å². The van der Waals surface area contributed by atoms with E-state index in [1.54, 1.807) is 13.8 Å². The average molecular weight is 843 g/mol. The zero-order chi connectivity index (χ0) is 42.2. The van der Waals surface area contributed by atoms with Crippen LogP contribution in [0.5, 0.6) is 0 Å². The minimum absolute atomic E-state index is 0.00176. The molecule has 1 atom stereocenters. The second-order valence-electron chi connectivity index (χ2n) is 13.5. The molecule has 0 spiro atoms. The van der Waals surface area contributed by atoms with Gasteiger partial charge in [0.2, 0.25) is 23.6 Å². The summed E-state index contributed by atoms with van der Waals surface area (Å²) in [4.78, 5) is 63.4. The molecular weight excluding hydrogens is 779 g/mol. The summed E-state index contributed by atoms with van der Waals surface area (Å²) in [5.41, 5.74) is -1.34. The molecule has 16 nitrogen and oxygen atoms in total. The maximum Gasteiger partial charge on any atom is 0.223 e. The molecule has 1 aliphatic carbocycles. The largest absolute Gasteiger partial charge is 0.377 e. The molecule has 1 aliphatic rings. The second kappa shape index (κ2) is 31.8. The third-order valence-electron chi connectivity index (χ3n) is 8.68. The van der Waals surface area contributed by atoms with Gasteiger partial charge in [0, 0.05) is 56.0 Å². The molecule has 0 saturated heterocycles. The maximum absolute atomic E-state index is 13.8. The summed E-state index contributed by atoms with van der Waals surface area (Å²) in [5.74, 6) is 5.49. The first kappa shape index (κ1) is 51.9. The molecule has 0 bridgehead atoms. The van der Waals surface area contributed by atoms with Gasteiger partial charge in [0.15, 0.2) is 6.49 Å². The van der Waals surface area contributed by atoms with Crippen molar-refractivity contribution in [2.24, 2.45) is 5.92 Å². The molecule has 1 saturated carbocycles. The SMILES string of the molecule is C#CCOCCOCCNC(=O)CCC(CCC(=O)NCCOCCOCC#C)(CCC(=O)NCCOCCOCC#C)NC(=O)C1CC(OP(O)(=S)C(C)C)C1. The molecule has 0 radical (unpaired) electrons.